The van der Waals surface area contributed by atoms with E-state index in [0.29, 0.717) is 0 Å². The maximum atomic E-state index is 2.00. The third kappa shape index (κ3) is 9.92. The van der Waals surface area contributed by atoms with E-state index in [4.69, 9.17) is 0 Å². The van der Waals surface area contributed by atoms with Crippen LogP contribution < -0.4 is 0 Å². The average molecular weight is 184 g/mol. The summed E-state index contributed by atoms with van der Waals surface area (Å²) in [5, 5.41) is 0. The fraction of sp³-hybridized carbons (Fsp3) is 1.00. The highest BCUT2D eigenvalue weighted by atomic mass is 14.0. The van der Waals surface area contributed by atoms with Gasteiger partial charge in [-0.2, -0.15) is 0 Å². The van der Waals surface area contributed by atoms with E-state index in [1.165, 1.54) is 70.6 Å². The monoisotopic (exact) mass is 184 g/mol. The molecule has 2 aliphatic rings. The highest BCUT2D eigenvalue weighted by molar-refractivity contribution is 4.51. The fourth-order valence-electron chi connectivity index (χ4n) is 1.94. The number of hydrogen-bond acceptors (Lipinski definition) is 0. The summed E-state index contributed by atoms with van der Waals surface area (Å²) in [5.74, 6) is 0. The summed E-state index contributed by atoms with van der Waals surface area (Å²) in [7, 11) is 0. The van der Waals surface area contributed by atoms with Gasteiger partial charge in [0.2, 0.25) is 0 Å². The molecule has 0 aliphatic heterocycles. The van der Waals surface area contributed by atoms with Crippen molar-refractivity contribution in [2.24, 2.45) is 0 Å². The van der Waals surface area contributed by atoms with Gasteiger partial charge in [-0.25, -0.2) is 0 Å². The number of rotatable bonds is 0. The van der Waals surface area contributed by atoms with Gasteiger partial charge in [-0.1, -0.05) is 84.5 Å². The van der Waals surface area contributed by atoms with Crippen molar-refractivity contribution in [3.8, 4) is 0 Å². The van der Waals surface area contributed by atoms with Gasteiger partial charge in [0.1, 0.15) is 0 Å². The molecule has 0 aromatic heterocycles. The van der Waals surface area contributed by atoms with Crippen molar-refractivity contribution in [2.75, 3.05) is 0 Å². The molecule has 0 spiro atoms. The molecule has 0 saturated heterocycles. The van der Waals surface area contributed by atoms with E-state index in [2.05, 4.69) is 0 Å². The van der Waals surface area contributed by atoms with Crippen LogP contribution >= 0.6 is 0 Å². The predicted molar refractivity (Wildman–Crippen MR) is 62.1 cm³/mol. The molecule has 80 valence electrons. The normalized spacial score (nSPS) is 20.8. The first-order chi connectivity index (χ1) is 6.50. The SMILES string of the molecule is C1CCCC1.C1CCCCC1.CC. The molecule has 13 heavy (non-hydrogen) atoms. The fourth-order valence-corrected chi connectivity index (χ4v) is 1.94. The van der Waals surface area contributed by atoms with Crippen LogP contribution in [0.4, 0.5) is 0 Å². The summed E-state index contributed by atoms with van der Waals surface area (Å²) in [6.07, 6.45) is 16.5. The third-order valence-electron chi connectivity index (χ3n) is 2.75. The first-order valence-electron chi connectivity index (χ1n) is 6.50. The van der Waals surface area contributed by atoms with E-state index in [-0.39, 0.29) is 0 Å². The maximum absolute atomic E-state index is 2.00. The maximum Gasteiger partial charge on any atom is -0.0533 e. The van der Waals surface area contributed by atoms with E-state index >= 15 is 0 Å². The van der Waals surface area contributed by atoms with Crippen LogP contribution in [-0.2, 0) is 0 Å². The molecule has 0 heterocycles. The molecular formula is C13H28. The van der Waals surface area contributed by atoms with Crippen molar-refractivity contribution in [1.82, 2.24) is 0 Å². The topological polar surface area (TPSA) is 0 Å². The van der Waals surface area contributed by atoms with E-state index < -0.39 is 0 Å². The second kappa shape index (κ2) is 12.0. The lowest BCUT2D eigenvalue weighted by Crippen LogP contribution is -1.85. The molecule has 0 heteroatoms. The molecule has 0 radical (unpaired) electrons. The molecule has 0 unspecified atom stereocenters. The Balaban J connectivity index is 0.000000189. The van der Waals surface area contributed by atoms with Crippen LogP contribution in [-0.4, -0.2) is 0 Å². The second-order valence-corrected chi connectivity index (χ2v) is 3.89. The van der Waals surface area contributed by atoms with Gasteiger partial charge in [-0.3, -0.25) is 0 Å². The van der Waals surface area contributed by atoms with E-state index in [1.807, 2.05) is 13.8 Å². The van der Waals surface area contributed by atoms with Crippen LogP contribution in [0.25, 0.3) is 0 Å². The molecular weight excluding hydrogens is 156 g/mol. The molecule has 0 aromatic rings. The molecule has 2 aliphatic carbocycles. The van der Waals surface area contributed by atoms with Gasteiger partial charge >= 0.3 is 0 Å². The Morgan fingerprint density at radius 3 is 0.462 bits per heavy atom. The minimum absolute atomic E-state index is 1.50. The summed E-state index contributed by atoms with van der Waals surface area (Å²) in [5.41, 5.74) is 0. The van der Waals surface area contributed by atoms with Crippen molar-refractivity contribution in [3.05, 3.63) is 0 Å². The lowest BCUT2D eigenvalue weighted by molar-refractivity contribution is 0.504. The Morgan fingerprint density at radius 1 is 0.308 bits per heavy atom. The van der Waals surface area contributed by atoms with Gasteiger partial charge in [0.25, 0.3) is 0 Å². The average Bonchev–Trinajstić information content (AvgIpc) is 2.82. The van der Waals surface area contributed by atoms with Gasteiger partial charge in [0.15, 0.2) is 0 Å². The van der Waals surface area contributed by atoms with Gasteiger partial charge in [0, 0.05) is 0 Å². The van der Waals surface area contributed by atoms with Crippen molar-refractivity contribution in [3.63, 3.8) is 0 Å². The molecule has 0 aromatic carbocycles. The van der Waals surface area contributed by atoms with Gasteiger partial charge in [-0.15, -0.1) is 0 Å². The Kier molecular flexibility index (Phi) is 12.0. The van der Waals surface area contributed by atoms with Crippen molar-refractivity contribution in [2.45, 2.75) is 84.5 Å². The zero-order valence-electron chi connectivity index (χ0n) is 9.78. The Labute approximate surface area is 85.1 Å². The molecule has 2 fully saturated rings. The molecule has 0 nitrogen and oxygen atoms in total. The van der Waals surface area contributed by atoms with Crippen molar-refractivity contribution < 1.29 is 0 Å². The van der Waals surface area contributed by atoms with Crippen LogP contribution in [0, 0.1) is 0 Å². The summed E-state index contributed by atoms with van der Waals surface area (Å²) in [6.45, 7) is 4.00. The minimum Gasteiger partial charge on any atom is -0.0683 e. The summed E-state index contributed by atoms with van der Waals surface area (Å²) in [4.78, 5) is 0. The van der Waals surface area contributed by atoms with Crippen LogP contribution in [0.1, 0.15) is 84.5 Å². The zero-order chi connectivity index (χ0) is 9.78. The third-order valence-corrected chi connectivity index (χ3v) is 2.75. The van der Waals surface area contributed by atoms with E-state index in [1.54, 1.807) is 0 Å². The lowest BCUT2D eigenvalue weighted by Gasteiger charge is -2.05. The van der Waals surface area contributed by atoms with Crippen LogP contribution in [0.2, 0.25) is 0 Å². The first kappa shape index (κ1) is 13.0. The second-order valence-electron chi connectivity index (χ2n) is 3.89. The zero-order valence-corrected chi connectivity index (χ0v) is 9.78. The lowest BCUT2D eigenvalue weighted by atomic mass is 10.0. The largest absolute Gasteiger partial charge is 0.0683 e. The van der Waals surface area contributed by atoms with Gasteiger partial charge in [0.05, 0.1) is 0 Å². The van der Waals surface area contributed by atoms with Crippen LogP contribution in [0.5, 0.6) is 0 Å². The standard InChI is InChI=1S/C6H12.C5H10.C2H6/c1-2-4-6-5-3-1;1-2-4-5-3-1;1-2/h1-6H2;1-5H2;1-2H3. The molecule has 0 N–H and O–H groups in total. The summed E-state index contributed by atoms with van der Waals surface area (Å²) in [6, 6.07) is 0. The van der Waals surface area contributed by atoms with Gasteiger partial charge < -0.3 is 0 Å². The van der Waals surface area contributed by atoms with Crippen molar-refractivity contribution >= 4 is 0 Å². The first-order valence-corrected chi connectivity index (χ1v) is 6.50. The Hall–Kier alpha value is 0. The predicted octanol–water partition coefficient (Wildman–Crippen LogP) is 5.32. The minimum atomic E-state index is 1.50. The van der Waals surface area contributed by atoms with E-state index in [0.717, 1.165) is 0 Å². The Bertz CT molecular complexity index is 49.0. The molecule has 2 saturated carbocycles. The van der Waals surface area contributed by atoms with Crippen molar-refractivity contribution in [1.29, 1.82) is 0 Å². The highest BCUT2D eigenvalue weighted by Gasteiger charge is 1.95. The smallest absolute Gasteiger partial charge is 0.0533 e. The van der Waals surface area contributed by atoms with Crippen LogP contribution in [0.3, 0.4) is 0 Å². The van der Waals surface area contributed by atoms with Crippen LogP contribution in [0.15, 0.2) is 0 Å². The van der Waals surface area contributed by atoms with E-state index in [9.17, 15) is 0 Å². The highest BCUT2D eigenvalue weighted by Crippen LogP contribution is 2.15. The van der Waals surface area contributed by atoms with Gasteiger partial charge in [-0.05, 0) is 0 Å². The molecule has 2 rings (SSSR count). The number of hydrogen-bond donors (Lipinski definition) is 0. The Morgan fingerprint density at radius 2 is 0.385 bits per heavy atom. The molecule has 0 atom stereocenters. The summed E-state index contributed by atoms with van der Waals surface area (Å²) >= 11 is 0. The summed E-state index contributed by atoms with van der Waals surface area (Å²) < 4.78 is 0. The molecule has 0 amide bonds. The molecule has 0 bridgehead atoms. The quantitative estimate of drug-likeness (QED) is 0.478.